The van der Waals surface area contributed by atoms with Gasteiger partial charge in [-0.15, -0.1) is 0 Å². The van der Waals surface area contributed by atoms with Crippen LogP contribution in [0.5, 0.6) is 5.88 Å². The molecule has 0 saturated carbocycles. The fraction of sp³-hybridized carbons (Fsp3) is 0.400. The number of pyridine rings is 2. The third-order valence-electron chi connectivity index (χ3n) is 7.13. The van der Waals surface area contributed by atoms with Crippen LogP contribution in [-0.2, 0) is 11.2 Å². The first kappa shape index (κ1) is 24.2. The van der Waals surface area contributed by atoms with Gasteiger partial charge in [-0.2, -0.15) is 0 Å². The van der Waals surface area contributed by atoms with Gasteiger partial charge >= 0.3 is 0 Å². The summed E-state index contributed by atoms with van der Waals surface area (Å²) in [4.78, 5) is 32.4. The smallest absolute Gasteiger partial charge is 0.230 e. The lowest BCUT2D eigenvalue weighted by atomic mass is 9.86. The lowest BCUT2D eigenvalue weighted by molar-refractivity contribution is -0.131. The summed E-state index contributed by atoms with van der Waals surface area (Å²) in [6.07, 6.45) is 3.49. The van der Waals surface area contributed by atoms with Gasteiger partial charge in [0.15, 0.2) is 5.82 Å². The Morgan fingerprint density at radius 1 is 1.19 bits per heavy atom. The number of aryl methyl sites for hydroxylation is 2. The molecular weight excluding hydrogens is 457 g/mol. The Balaban J connectivity index is 1.34. The number of ether oxygens (including phenoxy) is 1. The van der Waals surface area contributed by atoms with E-state index in [1.165, 1.54) is 19.2 Å². The van der Waals surface area contributed by atoms with E-state index in [0.717, 1.165) is 48.1 Å². The van der Waals surface area contributed by atoms with Crippen LogP contribution in [0.25, 0.3) is 11.4 Å². The van der Waals surface area contributed by atoms with Crippen LogP contribution in [0.3, 0.4) is 0 Å². The van der Waals surface area contributed by atoms with Crippen molar-refractivity contribution in [3.63, 3.8) is 0 Å². The maximum atomic E-state index is 14.4. The van der Waals surface area contributed by atoms with Crippen LogP contribution in [0, 0.1) is 12.7 Å². The quantitative estimate of drug-likeness (QED) is 0.558. The second-order valence-corrected chi connectivity index (χ2v) is 9.56. The van der Waals surface area contributed by atoms with Crippen molar-refractivity contribution in [1.82, 2.24) is 24.8 Å². The largest absolute Gasteiger partial charge is 0.481 e. The molecule has 0 aliphatic carbocycles. The Bertz CT molecular complexity index is 1340. The van der Waals surface area contributed by atoms with E-state index in [9.17, 15) is 9.18 Å². The monoisotopic (exact) mass is 482 g/mol. The van der Waals surface area contributed by atoms with Gasteiger partial charge in [0.25, 0.3) is 0 Å². The summed E-state index contributed by atoms with van der Waals surface area (Å²) in [7, 11) is 13.2. The Hall–Kier alpha value is -3.49. The molecule has 5 heterocycles. The van der Waals surface area contributed by atoms with E-state index >= 15 is 0 Å². The Kier molecular flexibility index (Phi) is 6.18. The van der Waals surface area contributed by atoms with Gasteiger partial charge in [-0.3, -0.25) is 4.79 Å². The average Bonchev–Trinajstić information content (AvgIpc) is 3.25. The van der Waals surface area contributed by atoms with E-state index < -0.39 is 11.7 Å². The number of methoxy groups -OCH3 is 1. The maximum absolute atomic E-state index is 14.4. The molecular formula is C25H25B2FN6O2. The van der Waals surface area contributed by atoms with Crippen LogP contribution in [0.4, 0.5) is 10.2 Å². The number of hydrogen-bond acceptors (Lipinski definition) is 7. The van der Waals surface area contributed by atoms with Gasteiger partial charge in [0.05, 0.1) is 30.5 Å². The van der Waals surface area contributed by atoms with Gasteiger partial charge in [0, 0.05) is 30.3 Å². The highest BCUT2D eigenvalue weighted by Crippen LogP contribution is 2.38. The fourth-order valence-corrected chi connectivity index (χ4v) is 5.12. The van der Waals surface area contributed by atoms with Crippen molar-refractivity contribution in [3.8, 4) is 17.3 Å². The van der Waals surface area contributed by atoms with Crippen LogP contribution >= 0.6 is 0 Å². The number of halogens is 1. The van der Waals surface area contributed by atoms with Crippen molar-refractivity contribution in [2.24, 2.45) is 0 Å². The Morgan fingerprint density at radius 2 is 1.94 bits per heavy atom. The van der Waals surface area contributed by atoms with Crippen LogP contribution in [0.15, 0.2) is 24.4 Å². The van der Waals surface area contributed by atoms with E-state index in [4.69, 9.17) is 25.4 Å². The number of fused-ring (bicyclic) bond motifs is 1. The second kappa shape index (κ2) is 9.18. The molecule has 4 radical (unpaired) electrons. The first-order chi connectivity index (χ1) is 17.2. The van der Waals surface area contributed by atoms with Gasteiger partial charge in [0.2, 0.25) is 11.8 Å². The molecule has 2 atom stereocenters. The van der Waals surface area contributed by atoms with E-state index in [0.29, 0.717) is 30.1 Å². The molecule has 1 fully saturated rings. The minimum absolute atomic E-state index is 0.123. The summed E-state index contributed by atoms with van der Waals surface area (Å²) in [6, 6.07) is 5.04. The SMILES string of the molecule is [B]c1cc([B])nc(-c2cc3c(nc2C)N[C@@]2(CC3)CCN(C(=O)[C@H](C)c3cc(OC)ncc3F)C2)n1. The van der Waals surface area contributed by atoms with E-state index in [1.807, 2.05) is 13.0 Å². The lowest BCUT2D eigenvalue weighted by Gasteiger charge is -2.36. The van der Waals surface area contributed by atoms with Crippen LogP contribution in [-0.4, -0.2) is 72.2 Å². The van der Waals surface area contributed by atoms with Crippen LogP contribution in [0.2, 0.25) is 0 Å². The number of amides is 1. The summed E-state index contributed by atoms with van der Waals surface area (Å²) >= 11 is 0. The Labute approximate surface area is 211 Å². The molecule has 180 valence electrons. The number of carbonyl (C=O) groups is 1. The van der Waals surface area contributed by atoms with Crippen molar-refractivity contribution in [1.29, 1.82) is 0 Å². The predicted octanol–water partition coefficient (Wildman–Crippen LogP) is 1.11. The number of likely N-dealkylation sites (tertiary alicyclic amines) is 1. The van der Waals surface area contributed by atoms with E-state index in [1.54, 1.807) is 11.8 Å². The molecule has 2 aliphatic rings. The minimum Gasteiger partial charge on any atom is -0.481 e. The summed E-state index contributed by atoms with van der Waals surface area (Å²) in [5, 5.41) is 3.61. The van der Waals surface area contributed by atoms with Gasteiger partial charge in [-0.05, 0) is 62.0 Å². The zero-order valence-electron chi connectivity index (χ0n) is 20.5. The zero-order valence-corrected chi connectivity index (χ0v) is 20.5. The van der Waals surface area contributed by atoms with Crippen molar-refractivity contribution in [2.45, 2.75) is 44.6 Å². The zero-order chi connectivity index (χ0) is 25.6. The fourth-order valence-electron chi connectivity index (χ4n) is 5.12. The lowest BCUT2D eigenvalue weighted by Crippen LogP contribution is -2.46. The molecule has 1 N–H and O–H groups in total. The number of nitrogens with zero attached hydrogens (tertiary/aromatic N) is 5. The third kappa shape index (κ3) is 4.42. The van der Waals surface area contributed by atoms with Crippen LogP contribution in [0.1, 0.15) is 42.5 Å². The van der Waals surface area contributed by atoms with Gasteiger partial charge < -0.3 is 15.0 Å². The number of aromatic nitrogens is 4. The Morgan fingerprint density at radius 3 is 2.67 bits per heavy atom. The van der Waals surface area contributed by atoms with Gasteiger partial charge in [0.1, 0.15) is 27.3 Å². The summed E-state index contributed by atoms with van der Waals surface area (Å²) in [5.41, 5.74) is 3.21. The number of anilines is 1. The molecule has 11 heteroatoms. The molecule has 1 amide bonds. The molecule has 1 spiro atoms. The number of rotatable bonds is 4. The summed E-state index contributed by atoms with van der Waals surface area (Å²) in [5.74, 6) is 0.237. The molecule has 8 nitrogen and oxygen atoms in total. The number of hydrogen-bond donors (Lipinski definition) is 1. The van der Waals surface area contributed by atoms with E-state index in [-0.39, 0.29) is 22.9 Å². The predicted molar refractivity (Wildman–Crippen MR) is 136 cm³/mol. The standard InChI is InChI=1S/C25H25B2FN6O2/c1-13(16-9-21(36-3)29-11-18(16)28)24(35)34-7-6-25(12-34)5-4-15-8-17(14(2)30-22(15)33-25)23-31-19(26)10-20(27)32-23/h8-11,13H,4-7,12H2,1-3H3,(H,30,33)/t13-,25+/m1/s1. The molecule has 0 unspecified atom stereocenters. The summed E-state index contributed by atoms with van der Waals surface area (Å²) < 4.78 is 19.5. The third-order valence-corrected chi connectivity index (χ3v) is 7.13. The molecule has 3 aromatic heterocycles. The summed E-state index contributed by atoms with van der Waals surface area (Å²) in [6.45, 7) is 4.72. The molecule has 5 rings (SSSR count). The highest BCUT2D eigenvalue weighted by molar-refractivity contribution is 6.36. The van der Waals surface area contributed by atoms with Crippen molar-refractivity contribution < 1.29 is 13.9 Å². The van der Waals surface area contributed by atoms with Gasteiger partial charge in [-0.25, -0.2) is 24.3 Å². The second-order valence-electron chi connectivity index (χ2n) is 9.56. The highest BCUT2D eigenvalue weighted by atomic mass is 19.1. The average molecular weight is 482 g/mol. The molecule has 0 aromatic carbocycles. The molecule has 0 bridgehead atoms. The minimum atomic E-state index is -0.651. The van der Waals surface area contributed by atoms with Crippen molar-refractivity contribution >= 4 is 38.6 Å². The van der Waals surface area contributed by atoms with Crippen LogP contribution < -0.4 is 21.2 Å². The topological polar surface area (TPSA) is 93.1 Å². The van der Waals surface area contributed by atoms with Crippen molar-refractivity contribution in [2.75, 3.05) is 25.5 Å². The first-order valence-corrected chi connectivity index (χ1v) is 11.9. The molecule has 3 aromatic rings. The number of carbonyl (C=O) groups excluding carboxylic acids is 1. The highest BCUT2D eigenvalue weighted by Gasteiger charge is 2.43. The normalized spacial score (nSPS) is 19.6. The molecule has 1 saturated heterocycles. The van der Waals surface area contributed by atoms with E-state index in [2.05, 4.69) is 20.3 Å². The maximum Gasteiger partial charge on any atom is 0.230 e. The first-order valence-electron chi connectivity index (χ1n) is 11.9. The molecule has 36 heavy (non-hydrogen) atoms. The molecule has 2 aliphatic heterocycles. The van der Waals surface area contributed by atoms with Gasteiger partial charge in [-0.1, -0.05) is 0 Å². The number of nitrogens with one attached hydrogen (secondary N) is 1. The van der Waals surface area contributed by atoms with Crippen molar-refractivity contribution in [3.05, 3.63) is 47.0 Å².